The molecule has 1 aliphatic heterocycles. The quantitative estimate of drug-likeness (QED) is 0.806. The number of ether oxygens (including phenoxy) is 1. The zero-order chi connectivity index (χ0) is 14.6. The number of nitrogens with zero attached hydrogens (tertiary/aromatic N) is 1. The summed E-state index contributed by atoms with van der Waals surface area (Å²) in [6.45, 7) is 8.10. The normalized spacial score (nSPS) is 32.4. The van der Waals surface area contributed by atoms with Crippen LogP contribution in [0.1, 0.15) is 46.0 Å². The van der Waals surface area contributed by atoms with Crippen molar-refractivity contribution >= 4 is 0 Å². The first kappa shape index (κ1) is 16.2. The summed E-state index contributed by atoms with van der Waals surface area (Å²) >= 11 is 0. The van der Waals surface area contributed by atoms with Crippen molar-refractivity contribution in [2.24, 2.45) is 11.3 Å². The fraction of sp³-hybridized carbons (Fsp3) is 1.00. The SMILES string of the molecule is CC1(C)CCCC(CN2CCC(OCCO)CC2)C1O. The molecule has 0 aromatic heterocycles. The Morgan fingerprint density at radius 1 is 1.20 bits per heavy atom. The zero-order valence-electron chi connectivity index (χ0n) is 13.1. The van der Waals surface area contributed by atoms with Gasteiger partial charge in [-0.1, -0.05) is 20.3 Å². The highest BCUT2D eigenvalue weighted by atomic mass is 16.5. The molecule has 1 heterocycles. The highest BCUT2D eigenvalue weighted by Crippen LogP contribution is 2.39. The van der Waals surface area contributed by atoms with Crippen molar-refractivity contribution < 1.29 is 14.9 Å². The maximum absolute atomic E-state index is 10.5. The lowest BCUT2D eigenvalue weighted by molar-refractivity contribution is -0.0536. The molecule has 0 aromatic carbocycles. The van der Waals surface area contributed by atoms with E-state index < -0.39 is 0 Å². The van der Waals surface area contributed by atoms with Gasteiger partial charge in [0, 0.05) is 19.6 Å². The number of likely N-dealkylation sites (tertiary alicyclic amines) is 1. The summed E-state index contributed by atoms with van der Waals surface area (Å²) in [4.78, 5) is 2.48. The summed E-state index contributed by atoms with van der Waals surface area (Å²) in [5.41, 5.74) is 0.0749. The molecule has 0 aromatic rings. The predicted molar refractivity (Wildman–Crippen MR) is 79.6 cm³/mol. The van der Waals surface area contributed by atoms with Gasteiger partial charge in [-0.25, -0.2) is 0 Å². The third kappa shape index (κ3) is 4.17. The summed E-state index contributed by atoms with van der Waals surface area (Å²) in [6.07, 6.45) is 5.78. The molecule has 1 aliphatic carbocycles. The van der Waals surface area contributed by atoms with E-state index in [2.05, 4.69) is 18.7 Å². The molecule has 2 atom stereocenters. The lowest BCUT2D eigenvalue weighted by Crippen LogP contribution is -2.47. The molecule has 2 rings (SSSR count). The Balaban J connectivity index is 1.75. The third-order valence-electron chi connectivity index (χ3n) is 5.12. The van der Waals surface area contributed by atoms with Gasteiger partial charge in [0.05, 0.1) is 25.4 Å². The first-order valence-corrected chi connectivity index (χ1v) is 8.16. The molecular formula is C16H31NO3. The highest BCUT2D eigenvalue weighted by Gasteiger charge is 2.38. The molecular weight excluding hydrogens is 254 g/mol. The predicted octanol–water partition coefficient (Wildman–Crippen LogP) is 1.65. The standard InChI is InChI=1S/C16H31NO3/c1-16(2)7-3-4-13(15(16)19)12-17-8-5-14(6-9-17)20-11-10-18/h13-15,18-19H,3-12H2,1-2H3. The van der Waals surface area contributed by atoms with Gasteiger partial charge in [0.25, 0.3) is 0 Å². The van der Waals surface area contributed by atoms with Gasteiger partial charge in [0.15, 0.2) is 0 Å². The van der Waals surface area contributed by atoms with Crippen molar-refractivity contribution in [2.75, 3.05) is 32.8 Å². The fourth-order valence-electron chi connectivity index (χ4n) is 3.76. The largest absolute Gasteiger partial charge is 0.394 e. The molecule has 118 valence electrons. The molecule has 2 fully saturated rings. The molecule has 1 saturated heterocycles. The van der Waals surface area contributed by atoms with E-state index in [1.54, 1.807) is 0 Å². The van der Waals surface area contributed by atoms with Crippen LogP contribution in [-0.2, 0) is 4.74 Å². The average Bonchev–Trinajstić information content (AvgIpc) is 2.43. The van der Waals surface area contributed by atoms with Crippen molar-refractivity contribution in [3.05, 3.63) is 0 Å². The van der Waals surface area contributed by atoms with Gasteiger partial charge < -0.3 is 19.8 Å². The second-order valence-corrected chi connectivity index (χ2v) is 7.18. The fourth-order valence-corrected chi connectivity index (χ4v) is 3.76. The molecule has 0 amide bonds. The molecule has 2 unspecified atom stereocenters. The number of aliphatic hydroxyl groups is 2. The Kier molecular flexibility index (Phi) is 5.84. The molecule has 4 heteroatoms. The third-order valence-corrected chi connectivity index (χ3v) is 5.12. The molecule has 2 N–H and O–H groups in total. The van der Waals surface area contributed by atoms with Crippen LogP contribution >= 0.6 is 0 Å². The number of hydrogen-bond donors (Lipinski definition) is 2. The first-order valence-electron chi connectivity index (χ1n) is 8.16. The van der Waals surface area contributed by atoms with E-state index >= 15 is 0 Å². The number of piperidine rings is 1. The number of aliphatic hydroxyl groups excluding tert-OH is 2. The molecule has 0 spiro atoms. The summed E-state index contributed by atoms with van der Waals surface area (Å²) in [5, 5.41) is 19.3. The highest BCUT2D eigenvalue weighted by molar-refractivity contribution is 4.90. The van der Waals surface area contributed by atoms with E-state index in [1.165, 1.54) is 6.42 Å². The minimum Gasteiger partial charge on any atom is -0.394 e. The Hall–Kier alpha value is -0.160. The second-order valence-electron chi connectivity index (χ2n) is 7.18. The van der Waals surface area contributed by atoms with E-state index in [1.807, 2.05) is 0 Å². The minimum absolute atomic E-state index is 0.0749. The maximum atomic E-state index is 10.5. The first-order chi connectivity index (χ1) is 9.53. The molecule has 20 heavy (non-hydrogen) atoms. The van der Waals surface area contributed by atoms with Crippen molar-refractivity contribution in [3.8, 4) is 0 Å². The van der Waals surface area contributed by atoms with Gasteiger partial charge in [-0.15, -0.1) is 0 Å². The summed E-state index contributed by atoms with van der Waals surface area (Å²) in [7, 11) is 0. The lowest BCUT2D eigenvalue weighted by Gasteiger charge is -2.43. The van der Waals surface area contributed by atoms with Crippen molar-refractivity contribution in [3.63, 3.8) is 0 Å². The van der Waals surface area contributed by atoms with Crippen LogP contribution in [0.3, 0.4) is 0 Å². The summed E-state index contributed by atoms with van der Waals surface area (Å²) in [6, 6.07) is 0. The van der Waals surface area contributed by atoms with Crippen LogP contribution in [-0.4, -0.2) is 60.2 Å². The zero-order valence-corrected chi connectivity index (χ0v) is 13.1. The van der Waals surface area contributed by atoms with Crippen LogP contribution in [0, 0.1) is 11.3 Å². The van der Waals surface area contributed by atoms with Gasteiger partial charge in [-0.05, 0) is 37.0 Å². The van der Waals surface area contributed by atoms with E-state index in [0.29, 0.717) is 18.6 Å². The van der Waals surface area contributed by atoms with Crippen molar-refractivity contribution in [2.45, 2.75) is 58.2 Å². The van der Waals surface area contributed by atoms with E-state index in [-0.39, 0.29) is 18.1 Å². The Labute approximate surface area is 123 Å². The lowest BCUT2D eigenvalue weighted by atomic mass is 9.69. The van der Waals surface area contributed by atoms with Gasteiger partial charge >= 0.3 is 0 Å². The Bertz CT molecular complexity index is 287. The number of rotatable bonds is 5. The molecule has 2 aliphatic rings. The van der Waals surface area contributed by atoms with Crippen LogP contribution < -0.4 is 0 Å². The van der Waals surface area contributed by atoms with Crippen LogP contribution in [0.4, 0.5) is 0 Å². The second kappa shape index (κ2) is 7.21. The Morgan fingerprint density at radius 3 is 2.55 bits per heavy atom. The van der Waals surface area contributed by atoms with E-state index in [0.717, 1.165) is 45.3 Å². The molecule has 0 radical (unpaired) electrons. The average molecular weight is 285 g/mol. The van der Waals surface area contributed by atoms with Crippen LogP contribution in [0.5, 0.6) is 0 Å². The number of hydrogen-bond acceptors (Lipinski definition) is 4. The molecule has 1 saturated carbocycles. The molecule has 4 nitrogen and oxygen atoms in total. The smallest absolute Gasteiger partial charge is 0.0701 e. The topological polar surface area (TPSA) is 52.9 Å². The van der Waals surface area contributed by atoms with Gasteiger partial charge in [0.2, 0.25) is 0 Å². The monoisotopic (exact) mass is 285 g/mol. The van der Waals surface area contributed by atoms with E-state index in [9.17, 15) is 5.11 Å². The van der Waals surface area contributed by atoms with Gasteiger partial charge in [-0.3, -0.25) is 0 Å². The van der Waals surface area contributed by atoms with Gasteiger partial charge in [-0.2, -0.15) is 0 Å². The van der Waals surface area contributed by atoms with Crippen LogP contribution in [0.2, 0.25) is 0 Å². The maximum Gasteiger partial charge on any atom is 0.0701 e. The Morgan fingerprint density at radius 2 is 1.90 bits per heavy atom. The van der Waals surface area contributed by atoms with Crippen LogP contribution in [0.25, 0.3) is 0 Å². The minimum atomic E-state index is -0.167. The summed E-state index contributed by atoms with van der Waals surface area (Å²) in [5.74, 6) is 0.425. The van der Waals surface area contributed by atoms with Gasteiger partial charge in [0.1, 0.15) is 0 Å². The van der Waals surface area contributed by atoms with Crippen LogP contribution in [0.15, 0.2) is 0 Å². The van der Waals surface area contributed by atoms with Crippen molar-refractivity contribution in [1.29, 1.82) is 0 Å². The summed E-state index contributed by atoms with van der Waals surface area (Å²) < 4.78 is 5.60. The van der Waals surface area contributed by atoms with Crippen molar-refractivity contribution in [1.82, 2.24) is 4.90 Å². The molecule has 0 bridgehead atoms. The van der Waals surface area contributed by atoms with E-state index in [4.69, 9.17) is 9.84 Å².